The molecule has 37 heavy (non-hydrogen) atoms. The molecule has 6 nitrogen and oxygen atoms in total. The number of hydrogen-bond donors (Lipinski definition) is 0. The summed E-state index contributed by atoms with van der Waals surface area (Å²) in [7, 11) is 3.42. The molecule has 0 radical (unpaired) electrons. The second-order valence-corrected chi connectivity index (χ2v) is 11.0. The van der Waals surface area contributed by atoms with Gasteiger partial charge in [-0.1, -0.05) is 30.0 Å². The lowest BCUT2D eigenvalue weighted by Crippen LogP contribution is -2.28. The summed E-state index contributed by atoms with van der Waals surface area (Å²) >= 11 is 1.60. The first-order valence-electron chi connectivity index (χ1n) is 12.2. The van der Waals surface area contributed by atoms with Crippen LogP contribution in [0.1, 0.15) is 41.3 Å². The number of Topliss-reactive ketones (excluding diaryl/α,β-unsaturated/α-hetero) is 1. The normalized spacial score (nSPS) is 21.2. The van der Waals surface area contributed by atoms with Gasteiger partial charge in [0.25, 0.3) is 0 Å². The molecule has 2 aromatic carbocycles. The van der Waals surface area contributed by atoms with Gasteiger partial charge in [0, 0.05) is 36.9 Å². The van der Waals surface area contributed by atoms with Gasteiger partial charge in [-0.05, 0) is 62.1 Å². The molecule has 2 aliphatic rings. The van der Waals surface area contributed by atoms with Crippen molar-refractivity contribution in [3.8, 4) is 17.1 Å². The largest absolute Gasteiger partial charge is 0.496 e. The van der Waals surface area contributed by atoms with E-state index in [4.69, 9.17) is 4.74 Å². The third-order valence-corrected chi connectivity index (χ3v) is 8.63. The van der Waals surface area contributed by atoms with Crippen LogP contribution in [0.25, 0.3) is 11.4 Å². The van der Waals surface area contributed by atoms with E-state index in [1.807, 2.05) is 23.7 Å². The van der Waals surface area contributed by atoms with Crippen LogP contribution in [0, 0.1) is 5.92 Å². The SMILES string of the molecule is COc1ccc([C@@]23C[C@@H]2CN(CCCSc2nnc(-c4ccc(C(F)(F)F)cc4)n2C)C3)cc1C(C)=O. The van der Waals surface area contributed by atoms with Crippen molar-refractivity contribution in [1.29, 1.82) is 0 Å². The summed E-state index contributed by atoms with van der Waals surface area (Å²) in [5.74, 6) is 2.68. The van der Waals surface area contributed by atoms with Crippen LogP contribution in [-0.4, -0.2) is 57.9 Å². The minimum absolute atomic E-state index is 0.0180. The molecular weight excluding hydrogens is 501 g/mol. The second kappa shape index (κ2) is 9.79. The van der Waals surface area contributed by atoms with E-state index < -0.39 is 11.7 Å². The van der Waals surface area contributed by atoms with Crippen LogP contribution in [0.15, 0.2) is 47.6 Å². The number of aromatic nitrogens is 3. The summed E-state index contributed by atoms with van der Waals surface area (Å²) < 4.78 is 45.7. The highest BCUT2D eigenvalue weighted by molar-refractivity contribution is 7.99. The minimum Gasteiger partial charge on any atom is -0.496 e. The average molecular weight is 531 g/mol. The number of halogens is 3. The number of nitrogens with zero attached hydrogens (tertiary/aromatic N) is 4. The molecule has 2 atom stereocenters. The fraction of sp³-hybridized carbons (Fsp3) is 0.444. The van der Waals surface area contributed by atoms with Gasteiger partial charge in [0.15, 0.2) is 16.8 Å². The molecule has 1 aliphatic heterocycles. The topological polar surface area (TPSA) is 60.2 Å². The number of thioether (sulfide) groups is 1. The van der Waals surface area contributed by atoms with Gasteiger partial charge in [-0.25, -0.2) is 0 Å². The molecular formula is C27H29F3N4O2S. The zero-order valence-electron chi connectivity index (χ0n) is 21.0. The Bertz CT molecular complexity index is 1310. The van der Waals surface area contributed by atoms with Crippen LogP contribution in [0.5, 0.6) is 5.75 Å². The first kappa shape index (κ1) is 25.8. The fourth-order valence-electron chi connectivity index (χ4n) is 5.45. The molecule has 1 saturated heterocycles. The van der Waals surface area contributed by atoms with Crippen molar-refractivity contribution in [3.05, 3.63) is 59.2 Å². The summed E-state index contributed by atoms with van der Waals surface area (Å²) in [5, 5.41) is 9.17. The highest BCUT2D eigenvalue weighted by Crippen LogP contribution is 2.59. The molecule has 1 aliphatic carbocycles. The predicted octanol–water partition coefficient (Wildman–Crippen LogP) is 5.47. The van der Waals surface area contributed by atoms with Crippen molar-refractivity contribution < 1.29 is 22.7 Å². The van der Waals surface area contributed by atoms with Gasteiger partial charge in [-0.3, -0.25) is 4.79 Å². The van der Waals surface area contributed by atoms with Crippen LogP contribution in [0.2, 0.25) is 0 Å². The fourth-order valence-corrected chi connectivity index (χ4v) is 6.28. The van der Waals surface area contributed by atoms with Gasteiger partial charge < -0.3 is 14.2 Å². The maximum atomic E-state index is 12.8. The van der Waals surface area contributed by atoms with Crippen LogP contribution in [-0.2, 0) is 18.6 Å². The van der Waals surface area contributed by atoms with Crippen LogP contribution < -0.4 is 4.74 Å². The molecule has 0 amide bonds. The molecule has 0 N–H and O–H groups in total. The summed E-state index contributed by atoms with van der Waals surface area (Å²) in [6.07, 6.45) is -2.22. The van der Waals surface area contributed by atoms with E-state index in [0.717, 1.165) is 55.5 Å². The van der Waals surface area contributed by atoms with Crippen molar-refractivity contribution in [3.63, 3.8) is 0 Å². The van der Waals surface area contributed by atoms with E-state index in [1.54, 1.807) is 25.8 Å². The van der Waals surface area contributed by atoms with Crippen LogP contribution >= 0.6 is 11.8 Å². The predicted molar refractivity (Wildman–Crippen MR) is 136 cm³/mol. The number of likely N-dealkylation sites (tertiary alicyclic amines) is 1. The summed E-state index contributed by atoms with van der Waals surface area (Å²) in [6, 6.07) is 11.0. The molecule has 1 aromatic heterocycles. The summed E-state index contributed by atoms with van der Waals surface area (Å²) in [5.41, 5.74) is 1.94. The monoisotopic (exact) mass is 530 g/mol. The number of piperidine rings is 1. The van der Waals surface area contributed by atoms with E-state index >= 15 is 0 Å². The van der Waals surface area contributed by atoms with Crippen molar-refractivity contribution in [2.45, 2.75) is 36.5 Å². The zero-order valence-corrected chi connectivity index (χ0v) is 21.8. The van der Waals surface area contributed by atoms with E-state index in [-0.39, 0.29) is 11.2 Å². The molecule has 2 fully saturated rings. The summed E-state index contributed by atoms with van der Waals surface area (Å²) in [4.78, 5) is 14.6. The van der Waals surface area contributed by atoms with Crippen molar-refractivity contribution in [2.75, 3.05) is 32.5 Å². The third kappa shape index (κ3) is 5.01. The molecule has 2 heterocycles. The van der Waals surface area contributed by atoms with Gasteiger partial charge in [-0.15, -0.1) is 10.2 Å². The Balaban J connectivity index is 1.14. The Kier molecular flexibility index (Phi) is 6.83. The lowest BCUT2D eigenvalue weighted by Gasteiger charge is -2.21. The minimum atomic E-state index is -4.36. The Morgan fingerprint density at radius 3 is 2.62 bits per heavy atom. The molecule has 3 aromatic rings. The highest BCUT2D eigenvalue weighted by Gasteiger charge is 2.60. The number of carbonyl (C=O) groups is 1. The molecule has 5 rings (SSSR count). The zero-order chi connectivity index (χ0) is 26.4. The van der Waals surface area contributed by atoms with Crippen LogP contribution in [0.4, 0.5) is 13.2 Å². The second-order valence-electron chi connectivity index (χ2n) is 9.91. The number of benzene rings is 2. The standard InChI is InChI=1S/C27H29F3N4O2S/c1-17(35)22-13-20(9-10-23(22)36-3)26-14-21(26)15-34(16-26)11-4-12-37-25-32-31-24(33(25)2)18-5-7-19(8-6-18)27(28,29)30/h5-10,13,21H,4,11-12,14-16H2,1-3H3/t21-,26+/m1/s1. The van der Waals surface area contributed by atoms with Gasteiger partial charge >= 0.3 is 6.18 Å². The Morgan fingerprint density at radius 2 is 1.95 bits per heavy atom. The number of alkyl halides is 3. The summed E-state index contributed by atoms with van der Waals surface area (Å²) in [6.45, 7) is 4.61. The van der Waals surface area contributed by atoms with Gasteiger partial charge in [0.1, 0.15) is 5.75 Å². The third-order valence-electron chi connectivity index (χ3n) is 7.53. The van der Waals surface area contributed by atoms with Crippen molar-refractivity contribution in [2.24, 2.45) is 13.0 Å². The molecule has 196 valence electrons. The van der Waals surface area contributed by atoms with Gasteiger partial charge in [-0.2, -0.15) is 13.2 Å². The maximum Gasteiger partial charge on any atom is 0.416 e. The Labute approximate surface area is 218 Å². The molecule has 0 bridgehead atoms. The smallest absolute Gasteiger partial charge is 0.416 e. The average Bonchev–Trinajstić information content (AvgIpc) is 3.25. The number of carbonyl (C=O) groups excluding carboxylic acids is 1. The molecule has 0 unspecified atom stereocenters. The molecule has 10 heteroatoms. The number of rotatable bonds is 9. The van der Waals surface area contributed by atoms with Crippen molar-refractivity contribution >= 4 is 17.5 Å². The Hall–Kier alpha value is -2.85. The van der Waals surface area contributed by atoms with E-state index in [9.17, 15) is 18.0 Å². The van der Waals surface area contributed by atoms with E-state index in [1.165, 1.54) is 17.7 Å². The lowest BCUT2D eigenvalue weighted by atomic mass is 9.92. The highest BCUT2D eigenvalue weighted by atomic mass is 32.2. The number of hydrogen-bond acceptors (Lipinski definition) is 6. The molecule has 1 saturated carbocycles. The number of methoxy groups -OCH3 is 1. The maximum absolute atomic E-state index is 12.8. The Morgan fingerprint density at radius 1 is 1.19 bits per heavy atom. The number of ketones is 1. The van der Waals surface area contributed by atoms with E-state index in [2.05, 4.69) is 21.2 Å². The number of ether oxygens (including phenoxy) is 1. The first-order chi connectivity index (χ1) is 17.6. The quantitative estimate of drug-likeness (QED) is 0.208. The van der Waals surface area contributed by atoms with Gasteiger partial charge in [0.2, 0.25) is 0 Å². The number of fused-ring (bicyclic) bond motifs is 1. The van der Waals surface area contributed by atoms with E-state index in [0.29, 0.717) is 28.6 Å². The van der Waals surface area contributed by atoms with Gasteiger partial charge in [0.05, 0.1) is 18.2 Å². The first-order valence-corrected chi connectivity index (χ1v) is 13.2. The van der Waals surface area contributed by atoms with Crippen molar-refractivity contribution in [1.82, 2.24) is 19.7 Å². The lowest BCUT2D eigenvalue weighted by molar-refractivity contribution is -0.137. The molecule has 0 spiro atoms. The van der Waals surface area contributed by atoms with Crippen LogP contribution in [0.3, 0.4) is 0 Å².